The van der Waals surface area contributed by atoms with Gasteiger partial charge in [0.25, 0.3) is 0 Å². The maximum absolute atomic E-state index is 12.1. The Bertz CT molecular complexity index is 546. The van der Waals surface area contributed by atoms with Crippen molar-refractivity contribution in [1.29, 1.82) is 0 Å². The van der Waals surface area contributed by atoms with E-state index in [1.54, 1.807) is 32.3 Å². The van der Waals surface area contributed by atoms with E-state index >= 15 is 0 Å². The third kappa shape index (κ3) is 2.73. The molecule has 2 heterocycles. The Morgan fingerprint density at radius 3 is 2.55 bits per heavy atom. The second kappa shape index (κ2) is 4.77. The summed E-state index contributed by atoms with van der Waals surface area (Å²) in [6, 6.07) is -0.980. The van der Waals surface area contributed by atoms with Gasteiger partial charge >= 0.3 is 12.1 Å². The molecule has 0 aromatic carbocycles. The largest absolute Gasteiger partial charge is 0.480 e. The van der Waals surface area contributed by atoms with Crippen molar-refractivity contribution in [1.82, 2.24) is 19.7 Å². The predicted octanol–water partition coefficient (Wildman–Crippen LogP) is 0.790. The number of rotatable bonds is 1. The van der Waals surface area contributed by atoms with Crippen LogP contribution in [0.15, 0.2) is 0 Å². The van der Waals surface area contributed by atoms with E-state index in [4.69, 9.17) is 4.74 Å². The van der Waals surface area contributed by atoms with Gasteiger partial charge in [-0.2, -0.15) is 0 Å². The van der Waals surface area contributed by atoms with Crippen LogP contribution in [0.5, 0.6) is 0 Å². The summed E-state index contributed by atoms with van der Waals surface area (Å²) in [5, 5.41) is 17.2. The zero-order valence-electron chi connectivity index (χ0n) is 12.0. The van der Waals surface area contributed by atoms with Crippen LogP contribution in [-0.4, -0.2) is 48.5 Å². The molecule has 0 aliphatic carbocycles. The molecule has 2 rings (SSSR count). The van der Waals surface area contributed by atoms with Crippen molar-refractivity contribution < 1.29 is 19.4 Å². The van der Waals surface area contributed by atoms with E-state index in [-0.39, 0.29) is 13.1 Å². The van der Waals surface area contributed by atoms with E-state index in [9.17, 15) is 14.7 Å². The van der Waals surface area contributed by atoms with Crippen LogP contribution in [0.2, 0.25) is 0 Å². The fraction of sp³-hybridized carbons (Fsp3) is 0.667. The lowest BCUT2D eigenvalue weighted by molar-refractivity contribution is -0.144. The summed E-state index contributed by atoms with van der Waals surface area (Å²) in [6.45, 7) is 7.15. The number of nitrogens with zero attached hydrogens (tertiary/aromatic N) is 4. The van der Waals surface area contributed by atoms with E-state index in [1.807, 2.05) is 0 Å². The Balaban J connectivity index is 2.27. The highest BCUT2D eigenvalue weighted by molar-refractivity contribution is 5.80. The molecular weight excluding hydrogens is 264 g/mol. The van der Waals surface area contributed by atoms with Crippen molar-refractivity contribution in [3.63, 3.8) is 0 Å². The molecule has 1 aliphatic rings. The van der Waals surface area contributed by atoms with E-state index < -0.39 is 23.7 Å². The molecule has 1 aromatic heterocycles. The molecule has 0 saturated heterocycles. The van der Waals surface area contributed by atoms with Crippen LogP contribution in [0, 0.1) is 6.92 Å². The number of carboxylic acid groups (broad SMARTS) is 1. The van der Waals surface area contributed by atoms with Crippen molar-refractivity contribution in [3.8, 4) is 0 Å². The highest BCUT2D eigenvalue weighted by Gasteiger charge is 2.38. The number of amides is 1. The van der Waals surface area contributed by atoms with Crippen molar-refractivity contribution in [2.24, 2.45) is 0 Å². The van der Waals surface area contributed by atoms with Gasteiger partial charge in [0, 0.05) is 0 Å². The highest BCUT2D eigenvalue weighted by atomic mass is 16.6. The lowest BCUT2D eigenvalue weighted by Gasteiger charge is -2.34. The molecule has 110 valence electrons. The van der Waals surface area contributed by atoms with Gasteiger partial charge in [-0.15, -0.1) is 10.2 Å². The number of fused-ring (bicyclic) bond motifs is 1. The normalized spacial score (nSPS) is 18.6. The van der Waals surface area contributed by atoms with E-state index in [0.717, 1.165) is 0 Å². The predicted molar refractivity (Wildman–Crippen MR) is 68.0 cm³/mol. The third-order valence-corrected chi connectivity index (χ3v) is 2.97. The minimum absolute atomic E-state index is 0.0761. The minimum atomic E-state index is -1.07. The standard InChI is InChI=1S/C12H18N4O4/c1-7-13-14-9-6-16(11(19)20-12(2,3)4)8(10(17)18)5-15(7)9/h8H,5-6H2,1-4H3,(H,17,18)/t8-/m1/s1. The average Bonchev–Trinajstić information content (AvgIpc) is 2.67. The van der Waals surface area contributed by atoms with Crippen molar-refractivity contribution in [3.05, 3.63) is 11.6 Å². The van der Waals surface area contributed by atoms with Gasteiger partial charge < -0.3 is 14.4 Å². The number of aromatic nitrogens is 3. The summed E-state index contributed by atoms with van der Waals surface area (Å²) in [7, 11) is 0. The minimum Gasteiger partial charge on any atom is -0.480 e. The van der Waals surface area contributed by atoms with Crippen LogP contribution < -0.4 is 0 Å². The van der Waals surface area contributed by atoms with Gasteiger partial charge in [-0.05, 0) is 27.7 Å². The van der Waals surface area contributed by atoms with Gasteiger partial charge in [0.05, 0.1) is 13.1 Å². The first-order chi connectivity index (χ1) is 9.19. The highest BCUT2D eigenvalue weighted by Crippen LogP contribution is 2.21. The SMILES string of the molecule is Cc1nnc2n1C[C@H](C(=O)O)N(C(=O)OC(C)(C)C)C2. The van der Waals surface area contributed by atoms with Crippen LogP contribution in [0.25, 0.3) is 0 Å². The number of aryl methyl sites for hydroxylation is 1. The van der Waals surface area contributed by atoms with Crippen molar-refractivity contribution >= 4 is 12.1 Å². The number of aliphatic carboxylic acids is 1. The van der Waals surface area contributed by atoms with Crippen LogP contribution in [0.3, 0.4) is 0 Å². The Morgan fingerprint density at radius 2 is 2.00 bits per heavy atom. The molecule has 8 nitrogen and oxygen atoms in total. The average molecular weight is 282 g/mol. The second-order valence-electron chi connectivity index (χ2n) is 5.74. The first-order valence-corrected chi connectivity index (χ1v) is 6.30. The summed E-state index contributed by atoms with van der Waals surface area (Å²) in [6.07, 6.45) is -0.656. The molecule has 20 heavy (non-hydrogen) atoms. The molecule has 0 spiro atoms. The molecule has 8 heteroatoms. The van der Waals surface area contributed by atoms with Crippen LogP contribution >= 0.6 is 0 Å². The van der Waals surface area contributed by atoms with Crippen molar-refractivity contribution in [2.75, 3.05) is 0 Å². The van der Waals surface area contributed by atoms with Gasteiger partial charge in [0.1, 0.15) is 11.4 Å². The quantitative estimate of drug-likeness (QED) is 0.817. The Morgan fingerprint density at radius 1 is 1.35 bits per heavy atom. The molecule has 0 saturated carbocycles. The van der Waals surface area contributed by atoms with Gasteiger partial charge in [-0.25, -0.2) is 9.59 Å². The molecule has 1 amide bonds. The first-order valence-electron chi connectivity index (χ1n) is 6.30. The summed E-state index contributed by atoms with van der Waals surface area (Å²) in [5.41, 5.74) is -0.679. The van der Waals surface area contributed by atoms with Crippen molar-refractivity contribution in [2.45, 2.75) is 52.4 Å². The third-order valence-electron chi connectivity index (χ3n) is 2.97. The maximum Gasteiger partial charge on any atom is 0.411 e. The van der Waals surface area contributed by atoms with E-state index in [2.05, 4.69) is 10.2 Å². The monoisotopic (exact) mass is 282 g/mol. The lowest BCUT2D eigenvalue weighted by atomic mass is 10.2. The van der Waals surface area contributed by atoms with Gasteiger partial charge in [-0.1, -0.05) is 0 Å². The summed E-state index contributed by atoms with van der Waals surface area (Å²) in [5.74, 6) is 0.121. The number of carbonyl (C=O) groups is 2. The zero-order chi connectivity index (χ0) is 15.1. The molecule has 0 fully saturated rings. The van der Waals surface area contributed by atoms with Gasteiger partial charge in [-0.3, -0.25) is 4.90 Å². The molecule has 1 aromatic rings. The number of hydrogen-bond acceptors (Lipinski definition) is 5. The Kier molecular flexibility index (Phi) is 3.41. The Hall–Kier alpha value is -2.12. The molecule has 0 radical (unpaired) electrons. The topological polar surface area (TPSA) is 97.5 Å². The zero-order valence-corrected chi connectivity index (χ0v) is 12.0. The van der Waals surface area contributed by atoms with Crippen LogP contribution in [0.1, 0.15) is 32.4 Å². The fourth-order valence-electron chi connectivity index (χ4n) is 2.04. The summed E-state index contributed by atoms with van der Waals surface area (Å²) in [4.78, 5) is 24.7. The lowest BCUT2D eigenvalue weighted by Crippen LogP contribution is -2.52. The molecule has 0 unspecified atom stereocenters. The van der Waals surface area contributed by atoms with Crippen LogP contribution in [0.4, 0.5) is 4.79 Å². The van der Waals surface area contributed by atoms with Gasteiger partial charge in [0.15, 0.2) is 11.9 Å². The fourth-order valence-corrected chi connectivity index (χ4v) is 2.04. The number of carbonyl (C=O) groups excluding carboxylic acids is 1. The van der Waals surface area contributed by atoms with E-state index in [1.165, 1.54) is 4.90 Å². The van der Waals surface area contributed by atoms with Crippen LogP contribution in [-0.2, 0) is 22.6 Å². The molecule has 1 aliphatic heterocycles. The maximum atomic E-state index is 12.1. The second-order valence-corrected chi connectivity index (χ2v) is 5.74. The Labute approximate surface area is 116 Å². The van der Waals surface area contributed by atoms with Gasteiger partial charge in [0.2, 0.25) is 0 Å². The smallest absolute Gasteiger partial charge is 0.411 e. The molecule has 1 atom stereocenters. The molecule has 0 bridgehead atoms. The summed E-state index contributed by atoms with van der Waals surface area (Å²) < 4.78 is 6.95. The molecular formula is C12H18N4O4. The molecule has 1 N–H and O–H groups in total. The summed E-state index contributed by atoms with van der Waals surface area (Å²) >= 11 is 0. The van der Waals surface area contributed by atoms with E-state index in [0.29, 0.717) is 11.6 Å². The number of hydrogen-bond donors (Lipinski definition) is 1. The number of ether oxygens (including phenoxy) is 1. The number of carboxylic acids is 1. The first kappa shape index (κ1) is 14.3.